The van der Waals surface area contributed by atoms with Gasteiger partial charge in [0.15, 0.2) is 0 Å². The van der Waals surface area contributed by atoms with Crippen LogP contribution in [0.2, 0.25) is 0 Å². The highest BCUT2D eigenvalue weighted by molar-refractivity contribution is 5.73. The number of hydrogen-bond acceptors (Lipinski definition) is 3. The number of nitrogens with zero attached hydrogens (tertiary/aromatic N) is 3. The zero-order valence-corrected chi connectivity index (χ0v) is 10.3. The van der Waals surface area contributed by atoms with Gasteiger partial charge in [-0.05, 0) is 24.3 Å². The lowest BCUT2D eigenvalue weighted by atomic mass is 10.3. The number of hydrogen-bond donors (Lipinski definition) is 1. The van der Waals surface area contributed by atoms with E-state index >= 15 is 0 Å². The number of aromatic nitrogens is 3. The van der Waals surface area contributed by atoms with Gasteiger partial charge in [0.1, 0.15) is 11.3 Å². The zero-order valence-electron chi connectivity index (χ0n) is 10.3. The van der Waals surface area contributed by atoms with Gasteiger partial charge in [-0.2, -0.15) is 0 Å². The maximum atomic E-state index is 13.4. The summed E-state index contributed by atoms with van der Waals surface area (Å²) in [6.45, 7) is 1.23. The average Bonchev–Trinajstić information content (AvgIpc) is 2.85. The minimum Gasteiger partial charge on any atom is -0.381 e. The smallest absolute Gasteiger partial charge is 0.146 e. The Hall–Kier alpha value is -2.43. The highest BCUT2D eigenvalue weighted by Gasteiger charge is 2.03. The topological polar surface area (TPSA) is 42.7 Å². The van der Waals surface area contributed by atoms with Crippen LogP contribution in [-0.4, -0.2) is 21.5 Å². The highest BCUT2D eigenvalue weighted by Crippen LogP contribution is 2.13. The van der Waals surface area contributed by atoms with Gasteiger partial charge in [-0.3, -0.25) is 0 Å². The lowest BCUT2D eigenvalue weighted by Gasteiger charge is -2.07. The first kappa shape index (κ1) is 11.6. The fourth-order valence-electron chi connectivity index (χ4n) is 1.98. The molecule has 3 aromatic rings. The third-order valence-corrected chi connectivity index (χ3v) is 2.93. The van der Waals surface area contributed by atoms with Crippen LogP contribution in [0.3, 0.4) is 0 Å². The average molecular weight is 256 g/mol. The first-order valence-electron chi connectivity index (χ1n) is 6.11. The zero-order chi connectivity index (χ0) is 13.1. The minimum atomic E-state index is -0.244. The minimum absolute atomic E-state index is 0.244. The monoisotopic (exact) mass is 256 g/mol. The molecule has 0 spiro atoms. The van der Waals surface area contributed by atoms with Crippen LogP contribution >= 0.6 is 0 Å². The van der Waals surface area contributed by atoms with E-state index in [9.17, 15) is 4.39 Å². The van der Waals surface area contributed by atoms with Gasteiger partial charge in [0.2, 0.25) is 0 Å². The summed E-state index contributed by atoms with van der Waals surface area (Å²) in [5.74, 6) is -0.244. The van der Waals surface area contributed by atoms with Gasteiger partial charge in [0.05, 0.1) is 17.7 Å². The molecule has 0 aliphatic heterocycles. The van der Waals surface area contributed by atoms with Gasteiger partial charge in [0.25, 0.3) is 0 Å². The number of rotatable bonds is 4. The van der Waals surface area contributed by atoms with Crippen molar-refractivity contribution in [1.29, 1.82) is 0 Å². The summed E-state index contributed by atoms with van der Waals surface area (Å²) in [5.41, 5.74) is 2.36. The first-order valence-corrected chi connectivity index (χ1v) is 6.11. The molecule has 0 unspecified atom stereocenters. The van der Waals surface area contributed by atoms with Crippen LogP contribution in [0.1, 0.15) is 0 Å². The van der Waals surface area contributed by atoms with E-state index < -0.39 is 0 Å². The summed E-state index contributed by atoms with van der Waals surface area (Å²) >= 11 is 0. The summed E-state index contributed by atoms with van der Waals surface area (Å²) in [6.07, 6.45) is 0. The van der Waals surface area contributed by atoms with Gasteiger partial charge in [-0.15, -0.1) is 5.10 Å². The summed E-state index contributed by atoms with van der Waals surface area (Å²) in [7, 11) is 0. The van der Waals surface area contributed by atoms with Crippen LogP contribution in [-0.2, 0) is 6.54 Å². The molecule has 4 nitrogen and oxygen atoms in total. The Balaban J connectivity index is 1.68. The van der Waals surface area contributed by atoms with Crippen molar-refractivity contribution < 1.29 is 4.39 Å². The standard InChI is InChI=1S/C14H13FN4/c15-11-5-1-2-6-12(11)16-9-10-19-14-8-4-3-7-13(14)17-18-19/h1-8,16H,9-10H2. The van der Waals surface area contributed by atoms with E-state index in [1.54, 1.807) is 18.2 Å². The second-order valence-corrected chi connectivity index (χ2v) is 4.21. The van der Waals surface area contributed by atoms with Gasteiger partial charge >= 0.3 is 0 Å². The Morgan fingerprint density at radius 1 is 1.05 bits per heavy atom. The van der Waals surface area contributed by atoms with Gasteiger partial charge in [0, 0.05) is 6.54 Å². The van der Waals surface area contributed by atoms with Crippen LogP contribution in [0, 0.1) is 5.82 Å². The molecule has 0 aliphatic carbocycles. The molecule has 96 valence electrons. The number of benzene rings is 2. The summed E-state index contributed by atoms with van der Waals surface area (Å²) < 4.78 is 15.2. The molecular weight excluding hydrogens is 243 g/mol. The van der Waals surface area contributed by atoms with E-state index in [2.05, 4.69) is 15.6 Å². The Bertz CT molecular complexity index is 692. The van der Waals surface area contributed by atoms with Crippen molar-refractivity contribution in [3.05, 3.63) is 54.3 Å². The Kier molecular flexibility index (Phi) is 3.10. The molecule has 19 heavy (non-hydrogen) atoms. The number of nitrogens with one attached hydrogen (secondary N) is 1. The quantitative estimate of drug-likeness (QED) is 0.780. The number of para-hydroxylation sites is 2. The maximum absolute atomic E-state index is 13.4. The molecule has 2 aromatic carbocycles. The molecule has 1 N–H and O–H groups in total. The highest BCUT2D eigenvalue weighted by atomic mass is 19.1. The number of anilines is 1. The summed E-state index contributed by atoms with van der Waals surface area (Å²) in [6, 6.07) is 14.4. The molecule has 0 bridgehead atoms. The van der Waals surface area contributed by atoms with E-state index in [-0.39, 0.29) is 5.82 Å². The molecule has 0 radical (unpaired) electrons. The van der Waals surface area contributed by atoms with Crippen molar-refractivity contribution >= 4 is 16.7 Å². The van der Waals surface area contributed by atoms with E-state index in [1.165, 1.54) is 6.07 Å². The lowest BCUT2D eigenvalue weighted by molar-refractivity contribution is 0.613. The third-order valence-electron chi connectivity index (χ3n) is 2.93. The fourth-order valence-corrected chi connectivity index (χ4v) is 1.98. The Morgan fingerprint density at radius 3 is 2.74 bits per heavy atom. The molecule has 3 rings (SSSR count). The Labute approximate surface area is 109 Å². The third kappa shape index (κ3) is 2.40. The van der Waals surface area contributed by atoms with Crippen LogP contribution in [0.5, 0.6) is 0 Å². The molecule has 1 heterocycles. The van der Waals surface area contributed by atoms with E-state index in [4.69, 9.17) is 0 Å². The Morgan fingerprint density at radius 2 is 1.84 bits per heavy atom. The number of halogens is 1. The van der Waals surface area contributed by atoms with E-state index in [1.807, 2.05) is 28.9 Å². The molecule has 0 aliphatic rings. The predicted octanol–water partition coefficient (Wildman–Crippen LogP) is 2.68. The molecular formula is C14H13FN4. The molecule has 0 saturated carbocycles. The molecule has 0 atom stereocenters. The SMILES string of the molecule is Fc1ccccc1NCCn1nnc2ccccc21. The predicted molar refractivity (Wildman–Crippen MR) is 72.4 cm³/mol. The van der Waals surface area contributed by atoms with Crippen LogP contribution in [0.4, 0.5) is 10.1 Å². The number of fused-ring (bicyclic) bond motifs is 1. The summed E-state index contributed by atoms with van der Waals surface area (Å²) in [4.78, 5) is 0. The van der Waals surface area contributed by atoms with E-state index in [0.29, 0.717) is 18.8 Å². The lowest BCUT2D eigenvalue weighted by Crippen LogP contribution is -2.12. The molecule has 0 fully saturated rings. The van der Waals surface area contributed by atoms with Crippen molar-refractivity contribution in [3.8, 4) is 0 Å². The fraction of sp³-hybridized carbons (Fsp3) is 0.143. The van der Waals surface area contributed by atoms with Crippen molar-refractivity contribution in [3.63, 3.8) is 0 Å². The molecule has 0 saturated heterocycles. The van der Waals surface area contributed by atoms with Crippen molar-refractivity contribution in [2.45, 2.75) is 6.54 Å². The largest absolute Gasteiger partial charge is 0.381 e. The molecule has 1 aromatic heterocycles. The van der Waals surface area contributed by atoms with Crippen LogP contribution in [0.25, 0.3) is 11.0 Å². The van der Waals surface area contributed by atoms with Crippen molar-refractivity contribution in [2.75, 3.05) is 11.9 Å². The van der Waals surface area contributed by atoms with Gasteiger partial charge in [-0.1, -0.05) is 29.5 Å². The van der Waals surface area contributed by atoms with E-state index in [0.717, 1.165) is 11.0 Å². The molecule has 5 heteroatoms. The first-order chi connectivity index (χ1) is 9.34. The summed E-state index contributed by atoms with van der Waals surface area (Å²) in [5, 5.41) is 11.2. The second kappa shape index (κ2) is 5.06. The van der Waals surface area contributed by atoms with Crippen molar-refractivity contribution in [1.82, 2.24) is 15.0 Å². The van der Waals surface area contributed by atoms with Crippen LogP contribution < -0.4 is 5.32 Å². The van der Waals surface area contributed by atoms with Crippen LogP contribution in [0.15, 0.2) is 48.5 Å². The second-order valence-electron chi connectivity index (χ2n) is 4.21. The van der Waals surface area contributed by atoms with Crippen molar-refractivity contribution in [2.24, 2.45) is 0 Å². The van der Waals surface area contributed by atoms with Gasteiger partial charge in [-0.25, -0.2) is 9.07 Å². The normalized spacial score (nSPS) is 10.8. The maximum Gasteiger partial charge on any atom is 0.146 e. The van der Waals surface area contributed by atoms with Gasteiger partial charge < -0.3 is 5.32 Å². The molecule has 0 amide bonds.